The van der Waals surface area contributed by atoms with Gasteiger partial charge in [-0.25, -0.2) is 0 Å². The molecule has 18 heavy (non-hydrogen) atoms. The number of hydrogen-bond acceptors (Lipinski definition) is 2. The van der Waals surface area contributed by atoms with Crippen LogP contribution in [-0.2, 0) is 10.1 Å². The van der Waals surface area contributed by atoms with E-state index in [0.717, 1.165) is 12.8 Å². The van der Waals surface area contributed by atoms with Crippen molar-refractivity contribution < 1.29 is 13.0 Å². The van der Waals surface area contributed by atoms with Crippen LogP contribution in [0.1, 0.15) is 71.1 Å². The maximum atomic E-state index is 10.4. The van der Waals surface area contributed by atoms with Gasteiger partial charge in [-0.2, -0.15) is 8.42 Å². The minimum atomic E-state index is -3.82. The highest BCUT2D eigenvalue weighted by atomic mass is 32.2. The van der Waals surface area contributed by atoms with Gasteiger partial charge in [-0.3, -0.25) is 4.55 Å². The van der Waals surface area contributed by atoms with Crippen LogP contribution in [0.5, 0.6) is 0 Å². The Morgan fingerprint density at radius 3 is 1.83 bits per heavy atom. The number of rotatable bonds is 12. The minimum absolute atomic E-state index is 0.259. The molecule has 0 radical (unpaired) electrons. The molecular weight excluding hydrogens is 248 g/mol. The summed E-state index contributed by atoms with van der Waals surface area (Å²) in [4.78, 5) is 0. The Balaban J connectivity index is 3.16. The van der Waals surface area contributed by atoms with Crippen LogP contribution in [0, 0.1) is 0 Å². The van der Waals surface area contributed by atoms with Crippen molar-refractivity contribution in [2.24, 2.45) is 0 Å². The Hall–Kier alpha value is -0.350. The van der Waals surface area contributed by atoms with Crippen molar-refractivity contribution in [2.75, 3.05) is 5.75 Å². The minimum Gasteiger partial charge on any atom is -0.285 e. The van der Waals surface area contributed by atoms with Gasteiger partial charge in [0.25, 0.3) is 10.1 Å². The van der Waals surface area contributed by atoms with Crippen LogP contribution in [0.2, 0.25) is 0 Å². The summed E-state index contributed by atoms with van der Waals surface area (Å²) in [5.74, 6) is -0.259. The van der Waals surface area contributed by atoms with Crippen LogP contribution in [0.3, 0.4) is 0 Å². The zero-order chi connectivity index (χ0) is 13.7. The molecule has 0 rings (SSSR count). The van der Waals surface area contributed by atoms with E-state index in [4.69, 9.17) is 4.55 Å². The highest BCUT2D eigenvalue weighted by molar-refractivity contribution is 7.85. The van der Waals surface area contributed by atoms with Gasteiger partial charge < -0.3 is 0 Å². The van der Waals surface area contributed by atoms with E-state index < -0.39 is 10.1 Å². The quantitative estimate of drug-likeness (QED) is 0.327. The van der Waals surface area contributed by atoms with E-state index in [0.29, 0.717) is 0 Å². The molecule has 0 aliphatic carbocycles. The Kier molecular flexibility index (Phi) is 11.5. The fourth-order valence-electron chi connectivity index (χ4n) is 1.88. The molecule has 0 heterocycles. The molecule has 0 aromatic rings. The van der Waals surface area contributed by atoms with Crippen LogP contribution in [0.4, 0.5) is 0 Å². The van der Waals surface area contributed by atoms with Crippen LogP contribution < -0.4 is 0 Å². The number of allylic oxidation sites excluding steroid dienone is 1. The molecule has 0 fully saturated rings. The predicted molar refractivity (Wildman–Crippen MR) is 77.4 cm³/mol. The lowest BCUT2D eigenvalue weighted by Gasteiger charge is -2.00. The van der Waals surface area contributed by atoms with E-state index in [1.165, 1.54) is 57.4 Å². The first-order chi connectivity index (χ1) is 8.56. The molecule has 0 amide bonds. The molecule has 1 N–H and O–H groups in total. The predicted octanol–water partition coefficient (Wildman–Crippen LogP) is 4.35. The van der Waals surface area contributed by atoms with Gasteiger partial charge in [0.15, 0.2) is 0 Å². The Labute approximate surface area is 112 Å². The molecule has 0 saturated carbocycles. The normalized spacial score (nSPS) is 12.3. The average molecular weight is 276 g/mol. The Morgan fingerprint density at radius 2 is 1.33 bits per heavy atom. The van der Waals surface area contributed by atoms with Crippen molar-refractivity contribution in [1.29, 1.82) is 0 Å². The number of hydrogen-bond donors (Lipinski definition) is 1. The summed E-state index contributed by atoms with van der Waals surface area (Å²) in [7, 11) is -3.82. The van der Waals surface area contributed by atoms with Crippen molar-refractivity contribution in [2.45, 2.75) is 71.1 Å². The van der Waals surface area contributed by atoms with Crippen molar-refractivity contribution in [3.63, 3.8) is 0 Å². The Morgan fingerprint density at radius 1 is 0.833 bits per heavy atom. The summed E-state index contributed by atoms with van der Waals surface area (Å²) in [6.07, 6.45) is 15.9. The lowest BCUT2D eigenvalue weighted by Crippen LogP contribution is -1.99. The van der Waals surface area contributed by atoms with Gasteiger partial charge in [0.2, 0.25) is 0 Å². The summed E-state index contributed by atoms with van der Waals surface area (Å²) >= 11 is 0. The van der Waals surface area contributed by atoms with Crippen LogP contribution in [0.15, 0.2) is 12.2 Å². The van der Waals surface area contributed by atoms with Crippen molar-refractivity contribution >= 4 is 10.1 Å². The monoisotopic (exact) mass is 276 g/mol. The summed E-state index contributed by atoms with van der Waals surface area (Å²) in [6, 6.07) is 0. The lowest BCUT2D eigenvalue weighted by molar-refractivity contribution is 0.486. The van der Waals surface area contributed by atoms with Gasteiger partial charge in [-0.1, -0.05) is 70.4 Å². The second-order valence-electron chi connectivity index (χ2n) is 4.84. The van der Waals surface area contributed by atoms with E-state index >= 15 is 0 Å². The van der Waals surface area contributed by atoms with Crippen LogP contribution in [-0.4, -0.2) is 18.7 Å². The second kappa shape index (κ2) is 11.7. The zero-order valence-corrected chi connectivity index (χ0v) is 12.4. The Bertz CT molecular complexity index is 294. The summed E-state index contributed by atoms with van der Waals surface area (Å²) in [6.45, 7) is 2.23. The van der Waals surface area contributed by atoms with E-state index in [1.54, 1.807) is 0 Å². The third-order valence-electron chi connectivity index (χ3n) is 2.95. The third-order valence-corrected chi connectivity index (χ3v) is 3.56. The largest absolute Gasteiger partial charge is 0.285 e. The summed E-state index contributed by atoms with van der Waals surface area (Å²) < 4.78 is 29.3. The maximum absolute atomic E-state index is 10.4. The molecule has 0 atom stereocenters. The molecule has 0 bridgehead atoms. The molecule has 4 heteroatoms. The topological polar surface area (TPSA) is 54.4 Å². The maximum Gasteiger partial charge on any atom is 0.268 e. The molecular formula is C14H28O3S. The SMILES string of the molecule is CCCCCCCCCCC/C=C\CS(=O)(=O)O. The van der Waals surface area contributed by atoms with E-state index in [2.05, 4.69) is 6.92 Å². The standard InChI is InChI=1S/C14H28O3S/c1-2-3-4-5-6-7-8-9-10-11-12-13-14-18(15,16)17/h12-13H,2-11,14H2,1H3,(H,15,16,17)/b13-12-. The molecule has 0 aliphatic heterocycles. The molecule has 108 valence electrons. The van der Waals surface area contributed by atoms with E-state index in [1.807, 2.05) is 6.08 Å². The van der Waals surface area contributed by atoms with Gasteiger partial charge in [0.1, 0.15) is 0 Å². The van der Waals surface area contributed by atoms with Crippen molar-refractivity contribution in [3.05, 3.63) is 12.2 Å². The smallest absolute Gasteiger partial charge is 0.268 e. The first-order valence-corrected chi connectivity index (χ1v) is 8.77. The van der Waals surface area contributed by atoms with Gasteiger partial charge in [-0.05, 0) is 12.8 Å². The van der Waals surface area contributed by atoms with Gasteiger partial charge in [0.05, 0.1) is 5.75 Å². The highest BCUT2D eigenvalue weighted by Crippen LogP contribution is 2.10. The molecule has 0 spiro atoms. The summed E-state index contributed by atoms with van der Waals surface area (Å²) in [5, 5.41) is 0. The average Bonchev–Trinajstić information content (AvgIpc) is 2.29. The van der Waals surface area contributed by atoms with Crippen LogP contribution >= 0.6 is 0 Å². The number of unbranched alkanes of at least 4 members (excludes halogenated alkanes) is 9. The third kappa shape index (κ3) is 15.6. The molecule has 3 nitrogen and oxygen atoms in total. The van der Waals surface area contributed by atoms with E-state index in [9.17, 15) is 8.42 Å². The van der Waals surface area contributed by atoms with Gasteiger partial charge in [-0.15, -0.1) is 0 Å². The fourth-order valence-corrected chi connectivity index (χ4v) is 2.26. The molecule has 0 saturated heterocycles. The van der Waals surface area contributed by atoms with Gasteiger partial charge >= 0.3 is 0 Å². The first-order valence-electron chi connectivity index (χ1n) is 7.16. The van der Waals surface area contributed by atoms with Crippen molar-refractivity contribution in [3.8, 4) is 0 Å². The molecule has 0 aromatic carbocycles. The zero-order valence-electron chi connectivity index (χ0n) is 11.6. The van der Waals surface area contributed by atoms with Crippen LogP contribution in [0.25, 0.3) is 0 Å². The van der Waals surface area contributed by atoms with Crippen molar-refractivity contribution in [1.82, 2.24) is 0 Å². The summed E-state index contributed by atoms with van der Waals surface area (Å²) in [5.41, 5.74) is 0. The highest BCUT2D eigenvalue weighted by Gasteiger charge is 1.98. The lowest BCUT2D eigenvalue weighted by atomic mass is 10.1. The molecule has 0 unspecified atom stereocenters. The second-order valence-corrected chi connectivity index (χ2v) is 6.33. The molecule has 0 aromatic heterocycles. The first kappa shape index (κ1) is 17.6. The molecule has 0 aliphatic rings. The van der Waals surface area contributed by atoms with Gasteiger partial charge in [0, 0.05) is 0 Å². The fraction of sp³-hybridized carbons (Fsp3) is 0.857. The van der Waals surface area contributed by atoms with E-state index in [-0.39, 0.29) is 5.75 Å².